The number of hydroxylamine groups is 1. The topological polar surface area (TPSA) is 87.7 Å². The number of thiophene rings is 1. The lowest BCUT2D eigenvalue weighted by Crippen LogP contribution is -2.17. The van der Waals surface area contributed by atoms with Crippen LogP contribution in [0.2, 0.25) is 0 Å². The van der Waals surface area contributed by atoms with Gasteiger partial charge in [-0.05, 0) is 48.5 Å². The van der Waals surface area contributed by atoms with Gasteiger partial charge in [0.15, 0.2) is 0 Å². The summed E-state index contributed by atoms with van der Waals surface area (Å²) in [6.07, 6.45) is 0. The van der Waals surface area contributed by atoms with Gasteiger partial charge in [0.05, 0.1) is 9.75 Å². The van der Waals surface area contributed by atoms with Gasteiger partial charge in [-0.15, -0.1) is 11.3 Å². The van der Waals surface area contributed by atoms with Crippen LogP contribution < -0.4 is 15.5 Å². The van der Waals surface area contributed by atoms with Crippen LogP contribution in [0, 0.1) is 0 Å². The number of amides is 2. The Morgan fingerprint density at radius 1 is 0.800 bits per heavy atom. The van der Waals surface area contributed by atoms with Gasteiger partial charge < -0.3 is 10.1 Å². The fraction of sp³-hybridized carbons (Fsp3) is 0. The predicted molar refractivity (Wildman–Crippen MR) is 94.5 cm³/mol. The van der Waals surface area contributed by atoms with E-state index in [0.717, 1.165) is 17.1 Å². The molecule has 0 spiro atoms. The number of nitrogens with one attached hydrogen (secondary N) is 2. The van der Waals surface area contributed by atoms with Crippen molar-refractivity contribution < 1.29 is 19.5 Å². The van der Waals surface area contributed by atoms with Crippen molar-refractivity contribution in [2.45, 2.75) is 0 Å². The first kappa shape index (κ1) is 16.7. The molecule has 0 fully saturated rings. The van der Waals surface area contributed by atoms with Crippen LogP contribution in [0.1, 0.15) is 19.3 Å². The lowest BCUT2D eigenvalue weighted by molar-refractivity contribution is 0.0711. The minimum Gasteiger partial charge on any atom is -0.457 e. The van der Waals surface area contributed by atoms with Gasteiger partial charge in [0.2, 0.25) is 0 Å². The summed E-state index contributed by atoms with van der Waals surface area (Å²) in [5.41, 5.74) is 2.14. The smallest absolute Gasteiger partial charge is 0.284 e. The fourth-order valence-corrected chi connectivity index (χ4v) is 2.85. The molecule has 2 aromatic carbocycles. The Hall–Kier alpha value is -3.16. The highest BCUT2D eigenvalue weighted by Crippen LogP contribution is 2.23. The molecule has 126 valence electrons. The monoisotopic (exact) mass is 354 g/mol. The number of anilines is 1. The third-order valence-corrected chi connectivity index (χ3v) is 4.33. The normalized spacial score (nSPS) is 10.1. The molecule has 0 aliphatic rings. The highest BCUT2D eigenvalue weighted by atomic mass is 32.1. The molecule has 3 aromatic rings. The summed E-state index contributed by atoms with van der Waals surface area (Å²) in [7, 11) is 0. The number of ether oxygens (including phenoxy) is 1. The molecule has 3 N–H and O–H groups in total. The standard InChI is InChI=1S/C18H14N2O4S/c21-17(15-10-11-16(25-15)18(22)20-23)19-12-6-8-14(9-7-12)24-13-4-2-1-3-5-13/h1-11,23H,(H,19,21)(H,20,22). The summed E-state index contributed by atoms with van der Waals surface area (Å²) in [5.74, 6) is 0.403. The summed E-state index contributed by atoms with van der Waals surface area (Å²) in [4.78, 5) is 24.1. The maximum Gasteiger partial charge on any atom is 0.284 e. The van der Waals surface area contributed by atoms with E-state index in [0.29, 0.717) is 16.3 Å². The molecule has 0 saturated heterocycles. The van der Waals surface area contributed by atoms with Crippen molar-refractivity contribution in [1.82, 2.24) is 5.48 Å². The summed E-state index contributed by atoms with van der Waals surface area (Å²) < 4.78 is 5.69. The molecule has 3 rings (SSSR count). The zero-order valence-corrected chi connectivity index (χ0v) is 13.7. The number of rotatable bonds is 5. The molecular weight excluding hydrogens is 340 g/mol. The van der Waals surface area contributed by atoms with Crippen molar-refractivity contribution in [1.29, 1.82) is 0 Å². The first-order valence-corrected chi connectivity index (χ1v) is 8.16. The molecule has 2 amide bonds. The van der Waals surface area contributed by atoms with Gasteiger partial charge in [-0.3, -0.25) is 14.8 Å². The van der Waals surface area contributed by atoms with Crippen LogP contribution in [0.4, 0.5) is 5.69 Å². The first-order valence-electron chi connectivity index (χ1n) is 7.34. The van der Waals surface area contributed by atoms with Gasteiger partial charge in [-0.25, -0.2) is 5.48 Å². The Labute approximate surface area is 147 Å². The number of carbonyl (C=O) groups excluding carboxylic acids is 2. The second kappa shape index (κ2) is 7.61. The summed E-state index contributed by atoms with van der Waals surface area (Å²) in [5, 5.41) is 11.3. The third-order valence-electron chi connectivity index (χ3n) is 3.25. The number of hydrogen-bond acceptors (Lipinski definition) is 5. The average Bonchev–Trinajstić information content (AvgIpc) is 3.14. The average molecular weight is 354 g/mol. The molecule has 7 heteroatoms. The fourth-order valence-electron chi connectivity index (χ4n) is 2.06. The third kappa shape index (κ3) is 4.23. The Kier molecular flexibility index (Phi) is 5.08. The van der Waals surface area contributed by atoms with E-state index in [1.807, 2.05) is 30.3 Å². The Morgan fingerprint density at radius 2 is 1.40 bits per heavy atom. The maximum absolute atomic E-state index is 12.2. The Morgan fingerprint density at radius 3 is 2.04 bits per heavy atom. The van der Waals surface area contributed by atoms with Crippen molar-refractivity contribution in [3.05, 3.63) is 76.5 Å². The molecule has 0 aliphatic carbocycles. The van der Waals surface area contributed by atoms with Crippen molar-refractivity contribution in [2.75, 3.05) is 5.32 Å². The van der Waals surface area contributed by atoms with Crippen LogP contribution in [0.25, 0.3) is 0 Å². The van der Waals surface area contributed by atoms with Crippen LogP contribution >= 0.6 is 11.3 Å². The predicted octanol–water partition coefficient (Wildman–Crippen LogP) is 3.91. The molecule has 0 saturated carbocycles. The molecule has 1 heterocycles. The van der Waals surface area contributed by atoms with E-state index >= 15 is 0 Å². The van der Waals surface area contributed by atoms with Gasteiger partial charge in [-0.2, -0.15) is 0 Å². The van der Waals surface area contributed by atoms with Crippen LogP contribution in [0.5, 0.6) is 11.5 Å². The molecule has 0 radical (unpaired) electrons. The van der Waals surface area contributed by atoms with E-state index in [1.165, 1.54) is 17.6 Å². The molecule has 0 aliphatic heterocycles. The number of para-hydroxylation sites is 1. The van der Waals surface area contributed by atoms with E-state index in [2.05, 4.69) is 5.32 Å². The van der Waals surface area contributed by atoms with Gasteiger partial charge in [0, 0.05) is 5.69 Å². The quantitative estimate of drug-likeness (QED) is 0.479. The van der Waals surface area contributed by atoms with E-state index in [4.69, 9.17) is 9.94 Å². The molecule has 0 unspecified atom stereocenters. The van der Waals surface area contributed by atoms with E-state index in [-0.39, 0.29) is 10.8 Å². The van der Waals surface area contributed by atoms with E-state index in [1.54, 1.807) is 24.3 Å². The zero-order valence-electron chi connectivity index (χ0n) is 12.9. The lowest BCUT2D eigenvalue weighted by Gasteiger charge is -2.07. The number of carbonyl (C=O) groups is 2. The van der Waals surface area contributed by atoms with E-state index in [9.17, 15) is 9.59 Å². The lowest BCUT2D eigenvalue weighted by atomic mass is 10.3. The van der Waals surface area contributed by atoms with Gasteiger partial charge in [0.25, 0.3) is 11.8 Å². The molecule has 6 nitrogen and oxygen atoms in total. The van der Waals surface area contributed by atoms with Crippen LogP contribution in [-0.4, -0.2) is 17.0 Å². The molecular formula is C18H14N2O4S. The van der Waals surface area contributed by atoms with Crippen LogP contribution in [0.15, 0.2) is 66.7 Å². The van der Waals surface area contributed by atoms with Crippen molar-refractivity contribution in [3.8, 4) is 11.5 Å². The summed E-state index contributed by atoms with van der Waals surface area (Å²) >= 11 is 0.989. The molecule has 1 aromatic heterocycles. The molecule has 25 heavy (non-hydrogen) atoms. The first-order chi connectivity index (χ1) is 12.2. The second-order valence-corrected chi connectivity index (χ2v) is 6.08. The Balaban J connectivity index is 1.64. The summed E-state index contributed by atoms with van der Waals surface area (Å²) in [6.45, 7) is 0. The molecule has 0 atom stereocenters. The highest BCUT2D eigenvalue weighted by molar-refractivity contribution is 7.16. The van der Waals surface area contributed by atoms with Gasteiger partial charge >= 0.3 is 0 Å². The minimum atomic E-state index is -0.647. The molecule has 0 bridgehead atoms. The second-order valence-electron chi connectivity index (χ2n) is 5.00. The van der Waals surface area contributed by atoms with E-state index < -0.39 is 5.91 Å². The van der Waals surface area contributed by atoms with Crippen LogP contribution in [-0.2, 0) is 0 Å². The Bertz CT molecular complexity index is 876. The van der Waals surface area contributed by atoms with Gasteiger partial charge in [-0.1, -0.05) is 18.2 Å². The maximum atomic E-state index is 12.2. The van der Waals surface area contributed by atoms with Gasteiger partial charge in [0.1, 0.15) is 11.5 Å². The SMILES string of the molecule is O=C(NO)c1ccc(C(=O)Nc2ccc(Oc3ccccc3)cc2)s1. The highest BCUT2D eigenvalue weighted by Gasteiger charge is 2.13. The van der Waals surface area contributed by atoms with Crippen molar-refractivity contribution in [3.63, 3.8) is 0 Å². The van der Waals surface area contributed by atoms with Crippen molar-refractivity contribution in [2.24, 2.45) is 0 Å². The minimum absolute atomic E-state index is 0.249. The number of benzene rings is 2. The number of hydrogen-bond donors (Lipinski definition) is 3. The van der Waals surface area contributed by atoms with Crippen LogP contribution in [0.3, 0.4) is 0 Å². The van der Waals surface area contributed by atoms with Crippen molar-refractivity contribution >= 4 is 28.8 Å². The largest absolute Gasteiger partial charge is 0.457 e. The summed E-state index contributed by atoms with van der Waals surface area (Å²) in [6, 6.07) is 19.3. The zero-order chi connectivity index (χ0) is 17.6.